The molecule has 0 bridgehead atoms. The molecule has 2 aromatic rings. The molecular formula is C20H24N8O2. The molecule has 0 atom stereocenters. The molecule has 0 fully saturated rings. The number of carbonyl (C=O) groups excluding carboxylic acids is 1. The zero-order valence-electron chi connectivity index (χ0n) is 16.5. The second kappa shape index (κ2) is 8.15. The zero-order valence-corrected chi connectivity index (χ0v) is 16.5. The van der Waals surface area contributed by atoms with E-state index >= 15 is 0 Å². The van der Waals surface area contributed by atoms with Gasteiger partial charge in [0.25, 0.3) is 0 Å². The fourth-order valence-corrected chi connectivity index (χ4v) is 4.03. The van der Waals surface area contributed by atoms with Gasteiger partial charge in [0.05, 0.1) is 25.4 Å². The third-order valence-corrected chi connectivity index (χ3v) is 5.54. The highest BCUT2D eigenvalue weighted by Gasteiger charge is 2.27. The summed E-state index contributed by atoms with van der Waals surface area (Å²) < 4.78 is 5.39. The van der Waals surface area contributed by atoms with E-state index in [4.69, 9.17) is 4.74 Å². The van der Waals surface area contributed by atoms with Gasteiger partial charge in [-0.1, -0.05) is 24.3 Å². The maximum atomic E-state index is 12.4. The Kier molecular flexibility index (Phi) is 5.06. The van der Waals surface area contributed by atoms with Gasteiger partial charge in [-0.05, 0) is 30.4 Å². The molecule has 3 heterocycles. The lowest BCUT2D eigenvalue weighted by molar-refractivity contribution is 0.101. The van der Waals surface area contributed by atoms with Crippen LogP contribution in [0.4, 0.5) is 10.7 Å². The molecule has 3 aliphatic rings. The Morgan fingerprint density at radius 1 is 1.20 bits per heavy atom. The lowest BCUT2D eigenvalue weighted by atomic mass is 10.1. The molecule has 30 heavy (non-hydrogen) atoms. The van der Waals surface area contributed by atoms with Gasteiger partial charge in [-0.15, -0.1) is 10.6 Å². The van der Waals surface area contributed by atoms with E-state index in [1.165, 1.54) is 11.1 Å². The highest BCUT2D eigenvalue weighted by atomic mass is 16.6. The minimum Gasteiger partial charge on any atom is -0.449 e. The van der Waals surface area contributed by atoms with Crippen molar-refractivity contribution in [2.45, 2.75) is 44.8 Å². The number of hydrogen-bond acceptors (Lipinski definition) is 9. The molecule has 1 aromatic carbocycles. The molecule has 156 valence electrons. The molecule has 5 rings (SSSR count). The summed E-state index contributed by atoms with van der Waals surface area (Å²) in [5.74, 6) is 1.41. The second-order valence-corrected chi connectivity index (χ2v) is 7.68. The van der Waals surface area contributed by atoms with Gasteiger partial charge >= 0.3 is 6.09 Å². The van der Waals surface area contributed by atoms with Gasteiger partial charge in [0.1, 0.15) is 5.84 Å². The summed E-state index contributed by atoms with van der Waals surface area (Å²) >= 11 is 0. The van der Waals surface area contributed by atoms with E-state index < -0.39 is 0 Å². The summed E-state index contributed by atoms with van der Waals surface area (Å²) in [5.41, 5.74) is 12.7. The summed E-state index contributed by atoms with van der Waals surface area (Å²) in [7, 11) is 0. The van der Waals surface area contributed by atoms with Crippen molar-refractivity contribution < 1.29 is 9.53 Å². The van der Waals surface area contributed by atoms with Crippen LogP contribution in [-0.2, 0) is 30.7 Å². The normalized spacial score (nSPS) is 17.1. The standard InChI is InChI=1S/C20H24N8O2/c29-20(30-7-3-6-18-24-26-27-25-18)28-11-15-10-21-19(23-17(15)12-28)22-16-8-13-4-1-2-5-14(13)9-16/h1-2,4-5,10,16,26-27H,3,6-9,11-12H2,(H,24,25)(H,21,22,23). The van der Waals surface area contributed by atoms with Crippen LogP contribution in [0.5, 0.6) is 0 Å². The number of ether oxygens (including phenoxy) is 1. The van der Waals surface area contributed by atoms with E-state index in [9.17, 15) is 4.79 Å². The number of hydrazone groups is 1. The van der Waals surface area contributed by atoms with Crippen molar-refractivity contribution in [3.05, 3.63) is 52.8 Å². The Morgan fingerprint density at radius 3 is 2.80 bits per heavy atom. The number of benzene rings is 1. The van der Waals surface area contributed by atoms with Crippen molar-refractivity contribution in [2.75, 3.05) is 11.9 Å². The van der Waals surface area contributed by atoms with Gasteiger partial charge in [-0.25, -0.2) is 20.3 Å². The number of nitrogens with one attached hydrogen (secondary N) is 4. The van der Waals surface area contributed by atoms with E-state index in [2.05, 4.69) is 61.1 Å². The monoisotopic (exact) mass is 408 g/mol. The Bertz CT molecular complexity index is 954. The minimum absolute atomic E-state index is 0.298. The highest BCUT2D eigenvalue weighted by molar-refractivity contribution is 5.82. The fourth-order valence-electron chi connectivity index (χ4n) is 4.03. The summed E-state index contributed by atoms with van der Waals surface area (Å²) in [6.07, 6.45) is 4.82. The lowest BCUT2D eigenvalue weighted by Gasteiger charge is -2.14. The van der Waals surface area contributed by atoms with Crippen molar-refractivity contribution in [3.63, 3.8) is 0 Å². The number of amides is 1. The molecule has 4 N–H and O–H groups in total. The Hall–Kier alpha value is -3.40. The number of rotatable bonds is 6. The summed E-state index contributed by atoms with van der Waals surface area (Å²) in [6, 6.07) is 8.81. The molecule has 0 radical (unpaired) electrons. The molecular weight excluding hydrogens is 384 g/mol. The number of hydrazine groups is 2. The summed E-state index contributed by atoms with van der Waals surface area (Å²) in [5, 5.41) is 7.43. The zero-order chi connectivity index (χ0) is 20.3. The molecule has 0 saturated heterocycles. The van der Waals surface area contributed by atoms with Crippen molar-refractivity contribution in [3.8, 4) is 0 Å². The SMILES string of the molecule is O=C(OCCCC1=NNNN1)N1Cc2cnc(NC3Cc4ccccc4C3)nc2C1. The molecule has 1 aromatic heterocycles. The Morgan fingerprint density at radius 2 is 2.03 bits per heavy atom. The van der Waals surface area contributed by atoms with Crippen LogP contribution >= 0.6 is 0 Å². The number of aromatic nitrogens is 2. The average Bonchev–Trinajstić information content (AvgIpc) is 3.49. The summed E-state index contributed by atoms with van der Waals surface area (Å²) in [4.78, 5) is 23.1. The van der Waals surface area contributed by atoms with Crippen LogP contribution in [0.3, 0.4) is 0 Å². The van der Waals surface area contributed by atoms with Crippen LogP contribution in [-0.4, -0.2) is 39.4 Å². The lowest BCUT2D eigenvalue weighted by Crippen LogP contribution is -2.35. The topological polar surface area (TPSA) is 116 Å². The van der Waals surface area contributed by atoms with Gasteiger partial charge in [-0.3, -0.25) is 10.3 Å². The van der Waals surface area contributed by atoms with E-state index in [0.717, 1.165) is 29.9 Å². The molecule has 0 spiro atoms. The third-order valence-electron chi connectivity index (χ3n) is 5.54. The van der Waals surface area contributed by atoms with Crippen LogP contribution < -0.4 is 21.8 Å². The highest BCUT2D eigenvalue weighted by Crippen LogP contribution is 2.25. The van der Waals surface area contributed by atoms with Gasteiger partial charge in [0.2, 0.25) is 5.95 Å². The van der Waals surface area contributed by atoms with Gasteiger partial charge in [0.15, 0.2) is 0 Å². The van der Waals surface area contributed by atoms with Crippen molar-refractivity contribution >= 4 is 17.9 Å². The van der Waals surface area contributed by atoms with Gasteiger partial charge in [0, 0.05) is 24.2 Å². The Labute approximate surface area is 174 Å². The first kappa shape index (κ1) is 18.6. The van der Waals surface area contributed by atoms with Crippen LogP contribution in [0, 0.1) is 0 Å². The average molecular weight is 408 g/mol. The second-order valence-electron chi connectivity index (χ2n) is 7.68. The van der Waals surface area contributed by atoms with E-state index in [1.54, 1.807) is 4.90 Å². The van der Waals surface area contributed by atoms with E-state index in [0.29, 0.717) is 44.5 Å². The summed E-state index contributed by atoms with van der Waals surface area (Å²) in [6.45, 7) is 1.26. The Balaban J connectivity index is 1.11. The third kappa shape index (κ3) is 3.99. The molecule has 2 aliphatic heterocycles. The number of carbonyl (C=O) groups is 1. The van der Waals surface area contributed by atoms with Crippen LogP contribution in [0.15, 0.2) is 35.6 Å². The van der Waals surface area contributed by atoms with Gasteiger partial charge in [-0.2, -0.15) is 0 Å². The maximum absolute atomic E-state index is 12.4. The molecule has 1 amide bonds. The molecule has 0 saturated carbocycles. The van der Waals surface area contributed by atoms with Crippen molar-refractivity contribution in [2.24, 2.45) is 5.10 Å². The van der Waals surface area contributed by atoms with E-state index in [-0.39, 0.29) is 6.09 Å². The van der Waals surface area contributed by atoms with E-state index in [1.807, 2.05) is 6.20 Å². The van der Waals surface area contributed by atoms with Crippen molar-refractivity contribution in [1.29, 1.82) is 0 Å². The van der Waals surface area contributed by atoms with Crippen LogP contribution in [0.25, 0.3) is 0 Å². The first-order chi connectivity index (χ1) is 14.7. The smallest absolute Gasteiger partial charge is 0.410 e. The fraction of sp³-hybridized carbons (Fsp3) is 0.400. The largest absolute Gasteiger partial charge is 0.449 e. The van der Waals surface area contributed by atoms with Crippen LogP contribution in [0.2, 0.25) is 0 Å². The molecule has 10 heteroatoms. The number of nitrogens with zero attached hydrogens (tertiary/aromatic N) is 4. The van der Waals surface area contributed by atoms with Crippen molar-refractivity contribution in [1.82, 2.24) is 31.4 Å². The number of hydrogen-bond donors (Lipinski definition) is 4. The first-order valence-electron chi connectivity index (χ1n) is 10.2. The first-order valence-corrected chi connectivity index (χ1v) is 10.2. The maximum Gasteiger partial charge on any atom is 0.410 e. The number of fused-ring (bicyclic) bond motifs is 2. The number of amidine groups is 1. The molecule has 10 nitrogen and oxygen atoms in total. The quantitative estimate of drug-likeness (QED) is 0.527. The predicted octanol–water partition coefficient (Wildman–Crippen LogP) is 1.21. The molecule has 1 aliphatic carbocycles. The molecule has 0 unspecified atom stereocenters. The number of anilines is 1. The minimum atomic E-state index is -0.327. The predicted molar refractivity (Wildman–Crippen MR) is 110 cm³/mol. The van der Waals surface area contributed by atoms with Crippen LogP contribution in [0.1, 0.15) is 35.2 Å². The van der Waals surface area contributed by atoms with Gasteiger partial charge < -0.3 is 10.1 Å².